The van der Waals surface area contributed by atoms with Crippen LogP contribution in [-0.4, -0.2) is 48.6 Å². The lowest BCUT2D eigenvalue weighted by molar-refractivity contribution is -0.101. The Morgan fingerprint density at radius 3 is 2.86 bits per heavy atom. The van der Waals surface area contributed by atoms with E-state index in [4.69, 9.17) is 27.4 Å². The number of aliphatic hydroxyl groups is 1. The van der Waals surface area contributed by atoms with Gasteiger partial charge in [-0.1, -0.05) is 12.2 Å². The van der Waals surface area contributed by atoms with Gasteiger partial charge < -0.3 is 25.2 Å². The SMILES string of the molecule is COc1ccc(C(N)=S)c(N2CC(CO)OC(C)(C)C2)c1. The molecule has 5 nitrogen and oxygen atoms in total. The molecule has 6 heteroatoms. The molecule has 0 bridgehead atoms. The van der Waals surface area contributed by atoms with Crippen molar-refractivity contribution in [1.82, 2.24) is 0 Å². The number of methoxy groups -OCH3 is 1. The molecule has 0 amide bonds. The molecular weight excluding hydrogens is 288 g/mol. The molecule has 1 aliphatic heterocycles. The molecule has 1 aromatic rings. The Hall–Kier alpha value is -1.37. The smallest absolute Gasteiger partial charge is 0.120 e. The summed E-state index contributed by atoms with van der Waals surface area (Å²) in [5, 5.41) is 9.44. The fourth-order valence-corrected chi connectivity index (χ4v) is 2.86. The molecule has 0 saturated carbocycles. The van der Waals surface area contributed by atoms with E-state index in [2.05, 4.69) is 4.90 Å². The largest absolute Gasteiger partial charge is 0.497 e. The lowest BCUT2D eigenvalue weighted by atomic mass is 10.0. The summed E-state index contributed by atoms with van der Waals surface area (Å²) in [5.74, 6) is 0.745. The number of nitrogens with two attached hydrogens (primary N) is 1. The van der Waals surface area contributed by atoms with Crippen LogP contribution in [0.2, 0.25) is 0 Å². The van der Waals surface area contributed by atoms with Crippen molar-refractivity contribution in [1.29, 1.82) is 0 Å². The van der Waals surface area contributed by atoms with Gasteiger partial charge in [0, 0.05) is 24.7 Å². The van der Waals surface area contributed by atoms with Crippen molar-refractivity contribution < 1.29 is 14.6 Å². The molecule has 0 radical (unpaired) electrons. The van der Waals surface area contributed by atoms with E-state index in [9.17, 15) is 5.11 Å². The number of morpholine rings is 1. The minimum atomic E-state index is -0.359. The fourth-order valence-electron chi connectivity index (χ4n) is 2.68. The molecule has 3 N–H and O–H groups in total. The van der Waals surface area contributed by atoms with Crippen molar-refractivity contribution in [2.75, 3.05) is 31.7 Å². The zero-order valence-electron chi connectivity index (χ0n) is 12.6. The predicted molar refractivity (Wildman–Crippen MR) is 87.1 cm³/mol. The molecule has 21 heavy (non-hydrogen) atoms. The Labute approximate surface area is 130 Å². The van der Waals surface area contributed by atoms with Crippen LogP contribution in [0.1, 0.15) is 19.4 Å². The van der Waals surface area contributed by atoms with Gasteiger partial charge in [0.2, 0.25) is 0 Å². The summed E-state index contributed by atoms with van der Waals surface area (Å²) in [4.78, 5) is 2.49. The highest BCUT2D eigenvalue weighted by atomic mass is 32.1. The molecule has 1 atom stereocenters. The molecule has 1 heterocycles. The van der Waals surface area contributed by atoms with Crippen LogP contribution in [0.4, 0.5) is 5.69 Å². The third-order valence-corrected chi connectivity index (χ3v) is 3.72. The Morgan fingerprint density at radius 1 is 1.57 bits per heavy atom. The maximum Gasteiger partial charge on any atom is 0.120 e. The van der Waals surface area contributed by atoms with Gasteiger partial charge in [-0.25, -0.2) is 0 Å². The molecule has 1 aromatic carbocycles. The fraction of sp³-hybridized carbons (Fsp3) is 0.533. The highest BCUT2D eigenvalue weighted by Crippen LogP contribution is 2.31. The number of hydrogen-bond acceptors (Lipinski definition) is 5. The van der Waals surface area contributed by atoms with Gasteiger partial charge in [0.05, 0.1) is 31.1 Å². The summed E-state index contributed by atoms with van der Waals surface area (Å²) in [6, 6.07) is 5.63. The summed E-state index contributed by atoms with van der Waals surface area (Å²) < 4.78 is 11.1. The number of thiocarbonyl (C=S) groups is 1. The van der Waals surface area contributed by atoms with Gasteiger partial charge in [-0.3, -0.25) is 0 Å². The quantitative estimate of drug-likeness (QED) is 0.817. The van der Waals surface area contributed by atoms with Gasteiger partial charge in [-0.2, -0.15) is 0 Å². The van der Waals surface area contributed by atoms with E-state index in [0.29, 0.717) is 18.1 Å². The molecule has 0 aliphatic carbocycles. The highest BCUT2D eigenvalue weighted by Gasteiger charge is 2.34. The number of anilines is 1. The molecule has 1 saturated heterocycles. The maximum absolute atomic E-state index is 9.44. The van der Waals surface area contributed by atoms with Gasteiger partial charge >= 0.3 is 0 Å². The van der Waals surface area contributed by atoms with E-state index < -0.39 is 0 Å². The normalized spacial score (nSPS) is 21.1. The third-order valence-electron chi connectivity index (χ3n) is 3.50. The lowest BCUT2D eigenvalue weighted by Crippen LogP contribution is -2.54. The van der Waals surface area contributed by atoms with Gasteiger partial charge in [0.1, 0.15) is 10.7 Å². The molecule has 0 spiro atoms. The van der Waals surface area contributed by atoms with E-state index in [0.717, 1.165) is 17.0 Å². The number of hydrogen-bond donors (Lipinski definition) is 2. The van der Waals surface area contributed by atoms with Gasteiger partial charge in [-0.15, -0.1) is 0 Å². The topological polar surface area (TPSA) is 68.0 Å². The molecule has 1 aliphatic rings. The Balaban J connectivity index is 2.41. The standard InChI is InChI=1S/C15H22N2O3S/c1-15(2)9-17(7-11(8-18)20-15)13-6-10(19-3)4-5-12(13)14(16)21/h4-6,11,18H,7-9H2,1-3H3,(H2,16,21). The summed E-state index contributed by atoms with van der Waals surface area (Å²) in [5.41, 5.74) is 7.19. The number of nitrogens with zero attached hydrogens (tertiary/aromatic N) is 1. The van der Waals surface area contributed by atoms with Crippen LogP contribution in [0, 0.1) is 0 Å². The van der Waals surface area contributed by atoms with Gasteiger partial charge in [0.15, 0.2) is 0 Å². The Kier molecular flexibility index (Phi) is 4.70. The number of rotatable bonds is 4. The average molecular weight is 310 g/mol. The summed E-state index contributed by atoms with van der Waals surface area (Å²) >= 11 is 5.14. The Morgan fingerprint density at radius 2 is 2.29 bits per heavy atom. The summed E-state index contributed by atoms with van der Waals surface area (Å²) in [6.45, 7) is 5.26. The van der Waals surface area contributed by atoms with Crippen LogP contribution in [0.25, 0.3) is 0 Å². The summed E-state index contributed by atoms with van der Waals surface area (Å²) in [7, 11) is 1.62. The van der Waals surface area contributed by atoms with E-state index >= 15 is 0 Å². The van der Waals surface area contributed by atoms with Crippen LogP contribution in [0.5, 0.6) is 5.75 Å². The highest BCUT2D eigenvalue weighted by molar-refractivity contribution is 7.80. The second kappa shape index (κ2) is 6.17. The average Bonchev–Trinajstić information content (AvgIpc) is 2.44. The molecule has 2 rings (SSSR count). The van der Waals surface area contributed by atoms with Crippen molar-refractivity contribution in [3.8, 4) is 5.75 Å². The van der Waals surface area contributed by atoms with E-state index in [1.54, 1.807) is 7.11 Å². The molecule has 116 valence electrons. The molecule has 1 unspecified atom stereocenters. The first-order valence-corrected chi connectivity index (χ1v) is 7.28. The number of ether oxygens (including phenoxy) is 2. The maximum atomic E-state index is 9.44. The van der Waals surface area contributed by atoms with Crippen molar-refractivity contribution in [2.45, 2.75) is 25.6 Å². The molecule has 1 fully saturated rings. The number of benzene rings is 1. The first-order chi connectivity index (χ1) is 9.86. The van der Waals surface area contributed by atoms with Crippen LogP contribution in [0.15, 0.2) is 18.2 Å². The minimum Gasteiger partial charge on any atom is -0.497 e. The first-order valence-electron chi connectivity index (χ1n) is 6.88. The second-order valence-electron chi connectivity index (χ2n) is 5.81. The monoisotopic (exact) mass is 310 g/mol. The first kappa shape index (κ1) is 16.0. The van der Waals surface area contributed by atoms with E-state index in [1.807, 2.05) is 32.0 Å². The van der Waals surface area contributed by atoms with Crippen molar-refractivity contribution >= 4 is 22.9 Å². The zero-order chi connectivity index (χ0) is 15.6. The third kappa shape index (κ3) is 3.64. The van der Waals surface area contributed by atoms with Gasteiger partial charge in [0.25, 0.3) is 0 Å². The van der Waals surface area contributed by atoms with E-state index in [-0.39, 0.29) is 18.3 Å². The van der Waals surface area contributed by atoms with Crippen molar-refractivity contribution in [3.63, 3.8) is 0 Å². The number of aliphatic hydroxyl groups excluding tert-OH is 1. The Bertz CT molecular complexity index is 534. The minimum absolute atomic E-state index is 0.0215. The molecule has 0 aromatic heterocycles. The second-order valence-corrected chi connectivity index (χ2v) is 6.25. The van der Waals surface area contributed by atoms with Crippen LogP contribution in [0.3, 0.4) is 0 Å². The van der Waals surface area contributed by atoms with Crippen LogP contribution in [-0.2, 0) is 4.74 Å². The lowest BCUT2D eigenvalue weighted by Gasteiger charge is -2.44. The van der Waals surface area contributed by atoms with Crippen molar-refractivity contribution in [2.24, 2.45) is 5.73 Å². The molecular formula is C15H22N2O3S. The van der Waals surface area contributed by atoms with Crippen LogP contribution >= 0.6 is 12.2 Å². The summed E-state index contributed by atoms with van der Waals surface area (Å²) in [6.07, 6.45) is -0.237. The zero-order valence-corrected chi connectivity index (χ0v) is 13.4. The van der Waals surface area contributed by atoms with E-state index in [1.165, 1.54) is 0 Å². The van der Waals surface area contributed by atoms with Gasteiger partial charge in [-0.05, 0) is 26.0 Å². The van der Waals surface area contributed by atoms with Crippen molar-refractivity contribution in [3.05, 3.63) is 23.8 Å². The predicted octanol–water partition coefficient (Wildman–Crippen LogP) is 1.31. The van der Waals surface area contributed by atoms with Crippen LogP contribution < -0.4 is 15.4 Å².